The number of nitrogens with zero attached hydrogens (tertiary/aromatic N) is 2. The van der Waals surface area contributed by atoms with Crippen LogP contribution < -0.4 is 9.80 Å². The monoisotopic (exact) mass is 582 g/mol. The molecule has 0 saturated carbocycles. The first kappa shape index (κ1) is 23.4. The van der Waals surface area contributed by atoms with Crippen molar-refractivity contribution in [3.63, 3.8) is 0 Å². The van der Waals surface area contributed by atoms with Crippen molar-refractivity contribution in [3.05, 3.63) is 142 Å². The van der Waals surface area contributed by atoms with E-state index in [0.29, 0.717) is 0 Å². The zero-order valence-corrected chi connectivity index (χ0v) is 22.4. The third-order valence-electron chi connectivity index (χ3n) is 5.84. The first-order valence-corrected chi connectivity index (χ1v) is 13.0. The van der Waals surface area contributed by atoms with Crippen LogP contribution in [0.3, 0.4) is 0 Å². The Kier molecular flexibility index (Phi) is 7.03. The maximum atomic E-state index is 3.56. The van der Waals surface area contributed by atoms with Crippen molar-refractivity contribution in [2.45, 2.75) is 6.92 Å². The number of rotatable bonds is 6. The summed E-state index contributed by atoms with van der Waals surface area (Å²) < 4.78 is 2.13. The minimum Gasteiger partial charge on any atom is -0.311 e. The van der Waals surface area contributed by atoms with Gasteiger partial charge < -0.3 is 9.80 Å². The number of halogens is 2. The smallest absolute Gasteiger partial charge is 0.0463 e. The van der Waals surface area contributed by atoms with Crippen LogP contribution in [0.2, 0.25) is 0 Å². The Bertz CT molecular complexity index is 1340. The summed E-state index contributed by atoms with van der Waals surface area (Å²) in [5.41, 5.74) is 7.90. The van der Waals surface area contributed by atoms with E-state index in [1.54, 1.807) is 0 Å². The lowest BCUT2D eigenvalue weighted by molar-refractivity contribution is 1.25. The van der Waals surface area contributed by atoms with E-state index >= 15 is 0 Å². The molecule has 0 aliphatic rings. The summed E-state index contributed by atoms with van der Waals surface area (Å²) in [4.78, 5) is 4.55. The highest BCUT2D eigenvalue weighted by Gasteiger charge is 2.15. The van der Waals surface area contributed by atoms with Gasteiger partial charge in [0.05, 0.1) is 0 Å². The number of hydrogen-bond acceptors (Lipinski definition) is 2. The van der Waals surface area contributed by atoms with Crippen molar-refractivity contribution in [1.82, 2.24) is 0 Å². The number of hydrogen-bond donors (Lipinski definition) is 0. The summed E-state index contributed by atoms with van der Waals surface area (Å²) in [6, 6.07) is 44.7. The average Bonchev–Trinajstić information content (AvgIpc) is 2.89. The van der Waals surface area contributed by atoms with Gasteiger partial charge in [0, 0.05) is 43.1 Å². The minimum atomic E-state index is 1.06. The van der Waals surface area contributed by atoms with Crippen LogP contribution in [-0.2, 0) is 0 Å². The third kappa shape index (κ3) is 5.34. The molecular formula is C31H24Br2N2. The molecule has 5 aromatic carbocycles. The fourth-order valence-corrected chi connectivity index (χ4v) is 4.63. The van der Waals surface area contributed by atoms with Crippen molar-refractivity contribution < 1.29 is 0 Å². The highest BCUT2D eigenvalue weighted by atomic mass is 79.9. The lowest BCUT2D eigenvalue weighted by Crippen LogP contribution is -2.12. The Balaban J connectivity index is 1.57. The van der Waals surface area contributed by atoms with E-state index in [2.05, 4.69) is 170 Å². The predicted octanol–water partition coefficient (Wildman–Crippen LogP) is 10.5. The lowest BCUT2D eigenvalue weighted by atomic mass is 10.1. The molecule has 35 heavy (non-hydrogen) atoms. The van der Waals surface area contributed by atoms with Crippen LogP contribution in [0, 0.1) is 6.92 Å². The fourth-order valence-electron chi connectivity index (χ4n) is 4.10. The zero-order valence-electron chi connectivity index (χ0n) is 19.3. The molecule has 0 fully saturated rings. The van der Waals surface area contributed by atoms with Gasteiger partial charge in [-0.2, -0.15) is 0 Å². The van der Waals surface area contributed by atoms with E-state index in [1.165, 1.54) is 5.56 Å². The van der Waals surface area contributed by atoms with E-state index in [0.717, 1.165) is 43.1 Å². The Morgan fingerprint density at radius 1 is 0.371 bits per heavy atom. The summed E-state index contributed by atoms with van der Waals surface area (Å²) in [6.45, 7) is 2.11. The van der Waals surface area contributed by atoms with Gasteiger partial charge in [0.15, 0.2) is 0 Å². The molecule has 0 unspecified atom stereocenters. The molecule has 5 rings (SSSR count). The van der Waals surface area contributed by atoms with Crippen molar-refractivity contribution in [1.29, 1.82) is 0 Å². The molecule has 5 aromatic rings. The van der Waals surface area contributed by atoms with Crippen LogP contribution in [0.25, 0.3) is 0 Å². The van der Waals surface area contributed by atoms with Gasteiger partial charge in [-0.1, -0.05) is 67.8 Å². The third-order valence-corrected chi connectivity index (χ3v) is 6.90. The molecule has 0 radical (unpaired) electrons. The van der Waals surface area contributed by atoms with Crippen LogP contribution in [0.1, 0.15) is 5.56 Å². The predicted molar refractivity (Wildman–Crippen MR) is 156 cm³/mol. The van der Waals surface area contributed by atoms with Crippen LogP contribution >= 0.6 is 31.9 Å². The van der Waals surface area contributed by atoms with Crippen molar-refractivity contribution >= 4 is 66.0 Å². The number of aryl methyl sites for hydroxylation is 1. The second-order valence-electron chi connectivity index (χ2n) is 8.31. The molecule has 4 heteroatoms. The largest absolute Gasteiger partial charge is 0.311 e. The van der Waals surface area contributed by atoms with Gasteiger partial charge in [0.1, 0.15) is 0 Å². The highest BCUT2D eigenvalue weighted by Crippen LogP contribution is 2.39. The maximum Gasteiger partial charge on any atom is 0.0463 e. The standard InChI is InChI=1S/C31H24Br2N2/c1-23-7-13-27(14-8-23)35(29-17-11-25(33)12-18-29)31-21-19-30(20-22-31)34(26-5-3-2-4-6-26)28-15-9-24(32)10-16-28/h2-22H,1H3. The van der Waals surface area contributed by atoms with E-state index < -0.39 is 0 Å². The SMILES string of the molecule is Cc1ccc(N(c2ccc(Br)cc2)c2ccc(N(c3ccccc3)c3ccc(Br)cc3)cc2)cc1. The number of anilines is 6. The van der Waals surface area contributed by atoms with E-state index in [9.17, 15) is 0 Å². The highest BCUT2D eigenvalue weighted by molar-refractivity contribution is 9.10. The molecule has 0 aliphatic carbocycles. The van der Waals surface area contributed by atoms with E-state index in [-0.39, 0.29) is 0 Å². The number of para-hydroxylation sites is 1. The van der Waals surface area contributed by atoms with Crippen molar-refractivity contribution in [2.24, 2.45) is 0 Å². The molecular weight excluding hydrogens is 560 g/mol. The normalized spacial score (nSPS) is 10.7. The van der Waals surface area contributed by atoms with Gasteiger partial charge in [-0.15, -0.1) is 0 Å². The molecule has 0 bridgehead atoms. The Labute approximate surface area is 223 Å². The minimum absolute atomic E-state index is 1.06. The van der Waals surface area contributed by atoms with Crippen LogP contribution in [0.5, 0.6) is 0 Å². The molecule has 2 nitrogen and oxygen atoms in total. The fraction of sp³-hybridized carbons (Fsp3) is 0.0323. The summed E-state index contributed by atoms with van der Waals surface area (Å²) in [7, 11) is 0. The van der Waals surface area contributed by atoms with Gasteiger partial charge in [-0.25, -0.2) is 0 Å². The van der Waals surface area contributed by atoms with Gasteiger partial charge in [0.2, 0.25) is 0 Å². The van der Waals surface area contributed by atoms with Crippen LogP contribution in [0.4, 0.5) is 34.1 Å². The first-order chi connectivity index (χ1) is 17.1. The molecule has 0 saturated heterocycles. The first-order valence-electron chi connectivity index (χ1n) is 11.4. The molecule has 0 aliphatic heterocycles. The molecule has 0 N–H and O–H groups in total. The number of benzene rings is 5. The zero-order chi connectivity index (χ0) is 24.2. The van der Waals surface area contributed by atoms with Gasteiger partial charge in [-0.3, -0.25) is 0 Å². The molecule has 0 heterocycles. The van der Waals surface area contributed by atoms with E-state index in [1.807, 2.05) is 6.07 Å². The molecule has 0 spiro atoms. The summed E-state index contributed by atoms with van der Waals surface area (Å²) >= 11 is 7.12. The second-order valence-corrected chi connectivity index (χ2v) is 10.1. The lowest BCUT2D eigenvalue weighted by Gasteiger charge is -2.28. The summed E-state index contributed by atoms with van der Waals surface area (Å²) in [5.74, 6) is 0. The van der Waals surface area contributed by atoms with Crippen molar-refractivity contribution in [3.8, 4) is 0 Å². The summed E-state index contributed by atoms with van der Waals surface area (Å²) in [6.07, 6.45) is 0. The molecule has 0 atom stereocenters. The van der Waals surface area contributed by atoms with Gasteiger partial charge in [0.25, 0.3) is 0 Å². The molecule has 172 valence electrons. The maximum absolute atomic E-state index is 3.56. The Morgan fingerprint density at radius 3 is 1.03 bits per heavy atom. The quantitative estimate of drug-likeness (QED) is 0.196. The second kappa shape index (κ2) is 10.5. The van der Waals surface area contributed by atoms with Crippen LogP contribution in [0.15, 0.2) is 136 Å². The van der Waals surface area contributed by atoms with Gasteiger partial charge >= 0.3 is 0 Å². The summed E-state index contributed by atoms with van der Waals surface area (Å²) in [5, 5.41) is 0. The Hall–Kier alpha value is -3.34. The molecule has 0 amide bonds. The van der Waals surface area contributed by atoms with E-state index in [4.69, 9.17) is 0 Å². The van der Waals surface area contributed by atoms with Crippen LogP contribution in [-0.4, -0.2) is 0 Å². The van der Waals surface area contributed by atoms with Crippen molar-refractivity contribution in [2.75, 3.05) is 9.80 Å². The van der Waals surface area contributed by atoms with Gasteiger partial charge in [-0.05, 0) is 104 Å². The Morgan fingerprint density at radius 2 is 0.657 bits per heavy atom. The molecule has 0 aromatic heterocycles. The average molecular weight is 584 g/mol. The topological polar surface area (TPSA) is 6.48 Å².